The number of aromatic amines is 1. The van der Waals surface area contributed by atoms with Gasteiger partial charge in [0.25, 0.3) is 5.56 Å². The Morgan fingerprint density at radius 3 is 2.77 bits per heavy atom. The van der Waals surface area contributed by atoms with Crippen molar-refractivity contribution in [3.8, 4) is 0 Å². The van der Waals surface area contributed by atoms with Crippen LogP contribution in [0.5, 0.6) is 0 Å². The normalized spacial score (nSPS) is 25.7. The standard InChI is InChI=1S/C15H21N5O6/c1-2-3-4-16-15-18-12(24)8-9(13(25)19-15)20(6-17-8)14-11(23)10(22)7(5-21)26-14/h6-7,10-11,14,21-23H,2-5H2,1H3,(H2,16,18,19,24,25)/t7-,10-,11-,14-/m1/s1. The predicted octanol–water partition coefficient (Wildman–Crippen LogP) is -1.70. The molecule has 0 saturated carbocycles. The number of H-pyrrole nitrogens is 1. The zero-order chi connectivity index (χ0) is 18.8. The molecule has 0 spiro atoms. The maximum atomic E-state index is 12.6. The third kappa shape index (κ3) is 3.21. The van der Waals surface area contributed by atoms with E-state index >= 15 is 0 Å². The highest BCUT2D eigenvalue weighted by molar-refractivity contribution is 5.73. The Kier molecular flexibility index (Phi) is 5.32. The molecule has 0 aliphatic carbocycles. The quantitative estimate of drug-likeness (QED) is 0.375. The number of aliphatic hydroxyl groups is 3. The van der Waals surface area contributed by atoms with Gasteiger partial charge in [-0.2, -0.15) is 4.98 Å². The van der Waals surface area contributed by atoms with Gasteiger partial charge in [-0.05, 0) is 6.42 Å². The molecule has 0 radical (unpaired) electrons. The number of hydrogen-bond acceptors (Lipinski definition) is 9. The number of aromatic nitrogens is 4. The van der Waals surface area contributed by atoms with Crippen LogP contribution in [0.3, 0.4) is 0 Å². The fraction of sp³-hybridized carbons (Fsp3) is 0.600. The molecule has 5 N–H and O–H groups in total. The molecular formula is C15H21N5O6. The molecule has 3 heterocycles. The zero-order valence-corrected chi connectivity index (χ0v) is 14.1. The monoisotopic (exact) mass is 367 g/mol. The lowest BCUT2D eigenvalue weighted by Gasteiger charge is -2.16. The number of imidazole rings is 1. The second-order valence-electron chi connectivity index (χ2n) is 6.08. The van der Waals surface area contributed by atoms with Crippen molar-refractivity contribution in [1.29, 1.82) is 0 Å². The molecular weight excluding hydrogens is 346 g/mol. The van der Waals surface area contributed by atoms with Crippen LogP contribution >= 0.6 is 0 Å². The van der Waals surface area contributed by atoms with E-state index in [1.807, 2.05) is 6.92 Å². The molecule has 1 aliphatic rings. The first kappa shape index (κ1) is 18.5. The van der Waals surface area contributed by atoms with Crippen LogP contribution in [0.4, 0.5) is 5.95 Å². The second-order valence-corrected chi connectivity index (χ2v) is 6.08. The van der Waals surface area contributed by atoms with Crippen molar-refractivity contribution >= 4 is 17.0 Å². The fourth-order valence-corrected chi connectivity index (χ4v) is 2.86. The fourth-order valence-electron chi connectivity index (χ4n) is 2.86. The molecule has 11 nitrogen and oxygen atoms in total. The minimum atomic E-state index is -1.40. The Balaban J connectivity index is 2.06. The summed E-state index contributed by atoms with van der Waals surface area (Å²) in [6, 6.07) is 0. The third-order valence-electron chi connectivity index (χ3n) is 4.27. The maximum Gasteiger partial charge on any atom is 0.301 e. The average molecular weight is 367 g/mol. The Hall–Kier alpha value is -2.34. The minimum Gasteiger partial charge on any atom is -0.394 e. The Morgan fingerprint density at radius 2 is 2.12 bits per heavy atom. The summed E-state index contributed by atoms with van der Waals surface area (Å²) in [6.45, 7) is 2.03. The molecule has 26 heavy (non-hydrogen) atoms. The molecule has 0 amide bonds. The van der Waals surface area contributed by atoms with Gasteiger partial charge in [0.2, 0.25) is 5.95 Å². The molecule has 4 atom stereocenters. The Bertz CT molecular complexity index is 896. The lowest BCUT2D eigenvalue weighted by Crippen LogP contribution is -2.33. The van der Waals surface area contributed by atoms with Crippen LogP contribution in [-0.2, 0) is 4.74 Å². The topological polar surface area (TPSA) is 163 Å². The Morgan fingerprint density at radius 1 is 1.35 bits per heavy atom. The van der Waals surface area contributed by atoms with Gasteiger partial charge >= 0.3 is 5.56 Å². The highest BCUT2D eigenvalue weighted by Crippen LogP contribution is 2.30. The van der Waals surface area contributed by atoms with E-state index in [9.17, 15) is 24.9 Å². The molecule has 0 bridgehead atoms. The number of ether oxygens (including phenoxy) is 1. The lowest BCUT2D eigenvalue weighted by atomic mass is 10.1. The van der Waals surface area contributed by atoms with Crippen molar-refractivity contribution in [2.45, 2.75) is 44.3 Å². The highest BCUT2D eigenvalue weighted by atomic mass is 16.6. The van der Waals surface area contributed by atoms with Crippen LogP contribution in [0.25, 0.3) is 11.0 Å². The molecule has 0 aromatic carbocycles. The van der Waals surface area contributed by atoms with E-state index in [2.05, 4.69) is 20.3 Å². The summed E-state index contributed by atoms with van der Waals surface area (Å²) in [6.07, 6.45) is -2.00. The first-order valence-corrected chi connectivity index (χ1v) is 8.35. The van der Waals surface area contributed by atoms with E-state index in [0.29, 0.717) is 6.54 Å². The van der Waals surface area contributed by atoms with E-state index in [-0.39, 0.29) is 17.0 Å². The zero-order valence-electron chi connectivity index (χ0n) is 14.1. The third-order valence-corrected chi connectivity index (χ3v) is 4.27. The van der Waals surface area contributed by atoms with Crippen molar-refractivity contribution in [2.75, 3.05) is 18.5 Å². The van der Waals surface area contributed by atoms with E-state index in [0.717, 1.165) is 23.7 Å². The molecule has 0 unspecified atom stereocenters. The minimum absolute atomic E-state index is 0.0270. The van der Waals surface area contributed by atoms with Crippen LogP contribution in [0.2, 0.25) is 0 Å². The van der Waals surface area contributed by atoms with E-state index in [1.165, 1.54) is 0 Å². The first-order chi connectivity index (χ1) is 12.5. The molecule has 1 saturated heterocycles. The molecule has 2 aromatic heterocycles. The highest BCUT2D eigenvalue weighted by Gasteiger charge is 2.44. The summed E-state index contributed by atoms with van der Waals surface area (Å²) in [5.74, 6) is 0.0270. The molecule has 142 valence electrons. The van der Waals surface area contributed by atoms with Gasteiger partial charge in [-0.1, -0.05) is 13.3 Å². The van der Waals surface area contributed by atoms with E-state index < -0.39 is 42.3 Å². The lowest BCUT2D eigenvalue weighted by molar-refractivity contribution is -0.0509. The number of nitrogens with zero attached hydrogens (tertiary/aromatic N) is 3. The maximum absolute atomic E-state index is 12.6. The summed E-state index contributed by atoms with van der Waals surface area (Å²) in [5, 5.41) is 32.1. The molecule has 11 heteroatoms. The van der Waals surface area contributed by atoms with Crippen LogP contribution in [0, 0.1) is 0 Å². The van der Waals surface area contributed by atoms with Gasteiger partial charge in [-0.15, -0.1) is 0 Å². The second kappa shape index (κ2) is 7.50. The number of unbranched alkanes of at least 4 members (excludes halogenated alkanes) is 1. The molecule has 3 rings (SSSR count). The number of nitrogens with one attached hydrogen (secondary N) is 2. The van der Waals surface area contributed by atoms with Crippen LogP contribution in [0.15, 0.2) is 15.9 Å². The number of hydrogen-bond donors (Lipinski definition) is 5. The van der Waals surface area contributed by atoms with E-state index in [1.54, 1.807) is 0 Å². The van der Waals surface area contributed by atoms with Gasteiger partial charge in [0.15, 0.2) is 11.7 Å². The van der Waals surface area contributed by atoms with Gasteiger partial charge in [-0.3, -0.25) is 19.1 Å². The van der Waals surface area contributed by atoms with Gasteiger partial charge in [-0.25, -0.2) is 4.98 Å². The molecule has 1 aliphatic heterocycles. The van der Waals surface area contributed by atoms with Gasteiger partial charge < -0.3 is 25.4 Å². The van der Waals surface area contributed by atoms with Crippen molar-refractivity contribution < 1.29 is 20.1 Å². The van der Waals surface area contributed by atoms with Gasteiger partial charge in [0, 0.05) is 6.54 Å². The van der Waals surface area contributed by atoms with Crippen molar-refractivity contribution in [3.05, 3.63) is 27.0 Å². The number of anilines is 1. The molecule has 2 aromatic rings. The first-order valence-electron chi connectivity index (χ1n) is 8.35. The molecule has 1 fully saturated rings. The van der Waals surface area contributed by atoms with Crippen LogP contribution in [-0.4, -0.2) is 66.3 Å². The summed E-state index contributed by atoms with van der Waals surface area (Å²) >= 11 is 0. The number of rotatable bonds is 6. The summed E-state index contributed by atoms with van der Waals surface area (Å²) < 4.78 is 6.57. The SMILES string of the molecule is CCCCNc1nc(=O)c2ncn([C@@H]3O[C@H](CO)[C@@H](O)[C@H]3O)c2c(=O)[nH]1. The van der Waals surface area contributed by atoms with Crippen LogP contribution in [0.1, 0.15) is 26.0 Å². The van der Waals surface area contributed by atoms with Crippen molar-refractivity contribution in [3.63, 3.8) is 0 Å². The van der Waals surface area contributed by atoms with Crippen molar-refractivity contribution in [1.82, 2.24) is 19.5 Å². The average Bonchev–Trinajstić information content (AvgIpc) is 3.14. The summed E-state index contributed by atoms with van der Waals surface area (Å²) in [4.78, 5) is 35.1. The van der Waals surface area contributed by atoms with Gasteiger partial charge in [0.05, 0.1) is 12.9 Å². The van der Waals surface area contributed by atoms with Crippen LogP contribution < -0.4 is 16.4 Å². The smallest absolute Gasteiger partial charge is 0.301 e. The van der Waals surface area contributed by atoms with Crippen molar-refractivity contribution in [2.24, 2.45) is 0 Å². The largest absolute Gasteiger partial charge is 0.394 e. The number of aliphatic hydroxyl groups excluding tert-OH is 3. The summed E-state index contributed by atoms with van der Waals surface area (Å²) in [7, 11) is 0. The van der Waals surface area contributed by atoms with Gasteiger partial charge in [0.1, 0.15) is 23.8 Å². The summed E-state index contributed by atoms with van der Waals surface area (Å²) in [5.41, 5.74) is -1.69. The Labute approximate surface area is 147 Å². The predicted molar refractivity (Wildman–Crippen MR) is 90.8 cm³/mol. The number of fused-ring (bicyclic) bond motifs is 1. The van der Waals surface area contributed by atoms with E-state index in [4.69, 9.17) is 4.74 Å².